The number of aliphatic carboxylic acids is 1. The van der Waals surface area contributed by atoms with Gasteiger partial charge in [0.15, 0.2) is 0 Å². The fourth-order valence-electron chi connectivity index (χ4n) is 0. The van der Waals surface area contributed by atoms with Gasteiger partial charge >= 0.3 is 5.97 Å². The summed E-state index contributed by atoms with van der Waals surface area (Å²) in [6.07, 6.45) is 0. The van der Waals surface area contributed by atoms with Crippen molar-refractivity contribution in [2.24, 2.45) is 0 Å². The first-order valence-corrected chi connectivity index (χ1v) is 2.23. The van der Waals surface area contributed by atoms with Crippen LogP contribution < -0.4 is 0 Å². The SMILES string of the molecule is C[C@](F)(P)C(=O)O. The van der Waals surface area contributed by atoms with Crippen LogP contribution in [-0.2, 0) is 4.79 Å². The van der Waals surface area contributed by atoms with E-state index in [4.69, 9.17) is 5.11 Å². The maximum Gasteiger partial charge on any atom is 0.344 e. The van der Waals surface area contributed by atoms with E-state index < -0.39 is 11.4 Å². The number of rotatable bonds is 1. The van der Waals surface area contributed by atoms with Crippen LogP contribution in [0.2, 0.25) is 0 Å². The monoisotopic (exact) mass is 124 g/mol. The molecule has 2 atom stereocenters. The molecule has 0 aromatic rings. The lowest BCUT2D eigenvalue weighted by molar-refractivity contribution is -0.144. The van der Waals surface area contributed by atoms with Crippen LogP contribution in [0.5, 0.6) is 0 Å². The highest BCUT2D eigenvalue weighted by atomic mass is 31.0. The van der Waals surface area contributed by atoms with Crippen molar-refractivity contribution in [2.75, 3.05) is 0 Å². The van der Waals surface area contributed by atoms with Crippen LogP contribution in [-0.4, -0.2) is 16.5 Å². The molecule has 0 radical (unpaired) electrons. The first kappa shape index (κ1) is 6.83. The summed E-state index contributed by atoms with van der Waals surface area (Å²) >= 11 is 0. The largest absolute Gasteiger partial charge is 0.479 e. The van der Waals surface area contributed by atoms with Crippen molar-refractivity contribution in [1.29, 1.82) is 0 Å². The summed E-state index contributed by atoms with van der Waals surface area (Å²) in [5.41, 5.74) is 0. The molecule has 0 aromatic carbocycles. The predicted molar refractivity (Wildman–Crippen MR) is 26.9 cm³/mol. The molecule has 2 nitrogen and oxygen atoms in total. The van der Waals surface area contributed by atoms with Crippen molar-refractivity contribution in [3.8, 4) is 0 Å². The molecule has 0 amide bonds. The van der Waals surface area contributed by atoms with Gasteiger partial charge in [-0.15, -0.1) is 0 Å². The van der Waals surface area contributed by atoms with E-state index in [0.29, 0.717) is 0 Å². The zero-order chi connectivity index (χ0) is 6.08. The van der Waals surface area contributed by atoms with Crippen LogP contribution in [0.15, 0.2) is 0 Å². The number of alkyl halides is 1. The summed E-state index contributed by atoms with van der Waals surface area (Å²) in [5, 5.41) is 5.69. The lowest BCUT2D eigenvalue weighted by atomic mass is 10.4. The van der Waals surface area contributed by atoms with Gasteiger partial charge in [-0.05, 0) is 6.92 Å². The molecule has 0 bridgehead atoms. The van der Waals surface area contributed by atoms with Gasteiger partial charge in [0.05, 0.1) is 0 Å². The standard InChI is InChI=1S/C3H6FO2P/c1-3(4,7)2(5)6/h7H2,1H3,(H,5,6)/t3-/m0/s1. The summed E-state index contributed by atoms with van der Waals surface area (Å²) in [5.74, 6) is -1.46. The second kappa shape index (κ2) is 1.74. The number of hydrogen-bond donors (Lipinski definition) is 1. The fraction of sp³-hybridized carbons (Fsp3) is 0.667. The molecule has 0 aliphatic carbocycles. The summed E-state index contributed by atoms with van der Waals surface area (Å²) in [6, 6.07) is 0. The molecule has 0 aliphatic heterocycles. The minimum absolute atomic E-state index is 0.958. The van der Waals surface area contributed by atoms with Crippen molar-refractivity contribution in [3.05, 3.63) is 0 Å². The molecule has 0 spiro atoms. The Labute approximate surface area is 42.9 Å². The van der Waals surface area contributed by atoms with Gasteiger partial charge in [-0.25, -0.2) is 9.18 Å². The second-order valence-corrected chi connectivity index (χ2v) is 2.46. The average Bonchev–Trinajstić information content (AvgIpc) is 1.31. The Bertz CT molecular complexity index is 85.4. The zero-order valence-electron chi connectivity index (χ0n) is 3.81. The van der Waals surface area contributed by atoms with E-state index in [2.05, 4.69) is 0 Å². The minimum atomic E-state index is -2.17. The Morgan fingerprint density at radius 2 is 2.14 bits per heavy atom. The highest BCUT2D eigenvalue weighted by Crippen LogP contribution is 2.17. The van der Waals surface area contributed by atoms with Crippen LogP contribution in [0.25, 0.3) is 0 Å². The Kier molecular flexibility index (Phi) is 1.70. The van der Waals surface area contributed by atoms with Gasteiger partial charge in [0.1, 0.15) is 0 Å². The van der Waals surface area contributed by atoms with Gasteiger partial charge in [0, 0.05) is 0 Å². The third kappa shape index (κ3) is 2.52. The van der Waals surface area contributed by atoms with Crippen molar-refractivity contribution in [2.45, 2.75) is 12.3 Å². The van der Waals surface area contributed by atoms with Gasteiger partial charge in [-0.3, -0.25) is 0 Å². The first-order valence-electron chi connectivity index (χ1n) is 1.66. The van der Waals surface area contributed by atoms with E-state index in [-0.39, 0.29) is 0 Å². The number of carbonyl (C=O) groups is 1. The molecule has 0 saturated heterocycles. The van der Waals surface area contributed by atoms with E-state index in [1.807, 2.05) is 0 Å². The molecule has 0 fully saturated rings. The number of halogens is 1. The summed E-state index contributed by atoms with van der Waals surface area (Å²) in [6.45, 7) is 0.958. The van der Waals surface area contributed by atoms with Gasteiger partial charge in [-0.1, -0.05) is 9.24 Å². The minimum Gasteiger partial charge on any atom is -0.479 e. The molecular formula is C3H6FO2P. The Balaban J connectivity index is 3.79. The lowest BCUT2D eigenvalue weighted by Crippen LogP contribution is -2.20. The van der Waals surface area contributed by atoms with Gasteiger partial charge in [0.2, 0.25) is 5.41 Å². The highest BCUT2D eigenvalue weighted by Gasteiger charge is 2.25. The lowest BCUT2D eigenvalue weighted by Gasteiger charge is -2.03. The summed E-state index contributed by atoms with van der Waals surface area (Å²) < 4.78 is 11.9. The van der Waals surface area contributed by atoms with Crippen LogP contribution in [0.4, 0.5) is 4.39 Å². The van der Waals surface area contributed by atoms with E-state index in [0.717, 1.165) is 6.92 Å². The third-order valence-corrected chi connectivity index (χ3v) is 0.665. The van der Waals surface area contributed by atoms with Crippen LogP contribution >= 0.6 is 9.24 Å². The van der Waals surface area contributed by atoms with Gasteiger partial charge < -0.3 is 5.11 Å². The topological polar surface area (TPSA) is 37.3 Å². The predicted octanol–water partition coefficient (Wildman–Crippen LogP) is 0.632. The van der Waals surface area contributed by atoms with E-state index in [9.17, 15) is 9.18 Å². The van der Waals surface area contributed by atoms with Crippen LogP contribution in [0, 0.1) is 0 Å². The Morgan fingerprint density at radius 1 is 2.00 bits per heavy atom. The van der Waals surface area contributed by atoms with E-state index in [1.165, 1.54) is 0 Å². The molecule has 0 rings (SSSR count). The van der Waals surface area contributed by atoms with Crippen molar-refractivity contribution >= 4 is 15.2 Å². The maximum absolute atomic E-state index is 11.9. The smallest absolute Gasteiger partial charge is 0.344 e. The molecule has 1 unspecified atom stereocenters. The third-order valence-electron chi connectivity index (χ3n) is 0.418. The Morgan fingerprint density at radius 3 is 2.14 bits per heavy atom. The molecular weight excluding hydrogens is 118 g/mol. The molecule has 0 aromatic heterocycles. The second-order valence-electron chi connectivity index (χ2n) is 1.38. The highest BCUT2D eigenvalue weighted by molar-refractivity contribution is 7.20. The number of carboxylic acids is 1. The van der Waals surface area contributed by atoms with Crippen molar-refractivity contribution in [1.82, 2.24) is 0 Å². The molecule has 42 valence electrons. The summed E-state index contributed by atoms with van der Waals surface area (Å²) in [7, 11) is 1.56. The van der Waals surface area contributed by atoms with E-state index in [1.54, 1.807) is 9.24 Å². The molecule has 7 heavy (non-hydrogen) atoms. The van der Waals surface area contributed by atoms with Crippen LogP contribution in [0.3, 0.4) is 0 Å². The Hall–Kier alpha value is -0.170. The van der Waals surface area contributed by atoms with Crippen LogP contribution in [0.1, 0.15) is 6.92 Å². The first-order chi connectivity index (χ1) is 2.94. The number of carboxylic acid groups (broad SMARTS) is 1. The van der Waals surface area contributed by atoms with E-state index >= 15 is 0 Å². The molecule has 4 heteroatoms. The normalized spacial score (nSPS) is 18.1. The van der Waals surface area contributed by atoms with Gasteiger partial charge in [-0.2, -0.15) is 0 Å². The maximum atomic E-state index is 11.9. The number of hydrogen-bond acceptors (Lipinski definition) is 1. The molecule has 0 aliphatic rings. The molecule has 0 heterocycles. The van der Waals surface area contributed by atoms with Crippen molar-refractivity contribution in [3.63, 3.8) is 0 Å². The zero-order valence-corrected chi connectivity index (χ0v) is 4.97. The van der Waals surface area contributed by atoms with Crippen molar-refractivity contribution < 1.29 is 14.3 Å². The molecule has 1 N–H and O–H groups in total. The fourth-order valence-corrected chi connectivity index (χ4v) is 0. The summed E-state index contributed by atoms with van der Waals surface area (Å²) in [4.78, 5) is 9.62. The average molecular weight is 124 g/mol. The quantitative estimate of drug-likeness (QED) is 0.520. The molecule has 0 saturated carbocycles. The van der Waals surface area contributed by atoms with Gasteiger partial charge in [0.25, 0.3) is 0 Å².